The van der Waals surface area contributed by atoms with Gasteiger partial charge in [0, 0.05) is 5.56 Å². The molecule has 0 saturated heterocycles. The van der Waals surface area contributed by atoms with Gasteiger partial charge in [0.1, 0.15) is 11.7 Å². The molecule has 0 aliphatic rings. The highest BCUT2D eigenvalue weighted by Crippen LogP contribution is 2.25. The van der Waals surface area contributed by atoms with Gasteiger partial charge in [0.15, 0.2) is 17.4 Å². The van der Waals surface area contributed by atoms with E-state index in [4.69, 9.17) is 9.47 Å². The molecule has 24 heavy (non-hydrogen) atoms. The number of rotatable bonds is 6. The zero-order chi connectivity index (χ0) is 17.7. The highest BCUT2D eigenvalue weighted by Gasteiger charge is 2.31. The van der Waals surface area contributed by atoms with Crippen LogP contribution in [0.1, 0.15) is 28.8 Å². The van der Waals surface area contributed by atoms with Crippen LogP contribution in [-0.4, -0.2) is 25.5 Å². The maximum Gasteiger partial charge on any atom is 0.321 e. The molecule has 0 bridgehead atoms. The van der Waals surface area contributed by atoms with Crippen molar-refractivity contribution in [3.8, 4) is 5.75 Å². The van der Waals surface area contributed by atoms with Gasteiger partial charge in [-0.25, -0.2) is 8.78 Å². The van der Waals surface area contributed by atoms with Crippen LogP contribution in [0.2, 0.25) is 0 Å². The fraction of sp³-hybridized carbons (Fsp3) is 0.222. The molecule has 0 heterocycles. The fourth-order valence-corrected chi connectivity index (χ4v) is 2.23. The van der Waals surface area contributed by atoms with Crippen LogP contribution < -0.4 is 4.74 Å². The predicted molar refractivity (Wildman–Crippen MR) is 83.1 cm³/mol. The van der Waals surface area contributed by atoms with Crippen LogP contribution in [-0.2, 0) is 9.53 Å². The first-order chi connectivity index (χ1) is 11.5. The molecule has 0 aromatic heterocycles. The summed E-state index contributed by atoms with van der Waals surface area (Å²) in [6, 6.07) is 9.05. The minimum absolute atomic E-state index is 0.0938. The molecular weight excluding hydrogens is 318 g/mol. The summed E-state index contributed by atoms with van der Waals surface area (Å²) in [5, 5.41) is 0. The van der Waals surface area contributed by atoms with Crippen molar-refractivity contribution in [1.82, 2.24) is 0 Å². The fourth-order valence-electron chi connectivity index (χ4n) is 2.23. The van der Waals surface area contributed by atoms with Gasteiger partial charge in [-0.2, -0.15) is 0 Å². The topological polar surface area (TPSA) is 52.6 Å². The summed E-state index contributed by atoms with van der Waals surface area (Å²) in [4.78, 5) is 24.9. The minimum atomic E-state index is -1.26. The Morgan fingerprint density at radius 2 is 1.71 bits per heavy atom. The van der Waals surface area contributed by atoms with Crippen molar-refractivity contribution in [2.24, 2.45) is 0 Å². The third kappa shape index (κ3) is 3.76. The lowest BCUT2D eigenvalue weighted by atomic mass is 9.90. The number of halogens is 2. The van der Waals surface area contributed by atoms with Crippen LogP contribution >= 0.6 is 0 Å². The zero-order valence-electron chi connectivity index (χ0n) is 13.2. The van der Waals surface area contributed by atoms with E-state index in [1.54, 1.807) is 31.2 Å². The molecular formula is C18H16F2O4. The number of hydrogen-bond donors (Lipinski definition) is 0. The average Bonchev–Trinajstić information content (AvgIpc) is 2.58. The first kappa shape index (κ1) is 17.6. The molecule has 1 atom stereocenters. The molecule has 0 radical (unpaired) electrons. The third-order valence-electron chi connectivity index (χ3n) is 3.44. The van der Waals surface area contributed by atoms with Crippen molar-refractivity contribution in [1.29, 1.82) is 0 Å². The number of methoxy groups -OCH3 is 1. The molecule has 6 heteroatoms. The minimum Gasteiger partial charge on any atom is -0.497 e. The summed E-state index contributed by atoms with van der Waals surface area (Å²) in [5.74, 6) is -4.35. The molecule has 0 fully saturated rings. The van der Waals surface area contributed by atoms with Gasteiger partial charge in [-0.05, 0) is 42.8 Å². The molecule has 2 rings (SSSR count). The zero-order valence-corrected chi connectivity index (χ0v) is 13.2. The van der Waals surface area contributed by atoms with E-state index in [0.717, 1.165) is 18.2 Å². The SMILES string of the molecule is CCOC(=O)[C@@H](C(=O)c1ccc(F)c(F)c1)c1ccc(OC)cc1. The molecule has 0 amide bonds. The Kier molecular flexibility index (Phi) is 5.63. The molecule has 0 N–H and O–H groups in total. The summed E-state index contributed by atoms with van der Waals surface area (Å²) < 4.78 is 36.4. The Labute approximate surface area is 138 Å². The van der Waals surface area contributed by atoms with E-state index in [0.29, 0.717) is 11.3 Å². The van der Waals surface area contributed by atoms with Crippen molar-refractivity contribution in [3.05, 3.63) is 65.2 Å². The Hall–Kier alpha value is -2.76. The van der Waals surface area contributed by atoms with E-state index in [9.17, 15) is 18.4 Å². The Morgan fingerprint density at radius 1 is 1.04 bits per heavy atom. The van der Waals surface area contributed by atoms with Gasteiger partial charge in [0.25, 0.3) is 0 Å². The Morgan fingerprint density at radius 3 is 2.25 bits per heavy atom. The summed E-state index contributed by atoms with van der Waals surface area (Å²) >= 11 is 0. The molecule has 0 spiro atoms. The van der Waals surface area contributed by atoms with Crippen LogP contribution in [0.15, 0.2) is 42.5 Å². The maximum absolute atomic E-state index is 13.4. The van der Waals surface area contributed by atoms with E-state index in [1.165, 1.54) is 7.11 Å². The quantitative estimate of drug-likeness (QED) is 0.461. The first-order valence-corrected chi connectivity index (χ1v) is 7.27. The molecule has 2 aromatic rings. The van der Waals surface area contributed by atoms with Crippen molar-refractivity contribution < 1.29 is 27.8 Å². The number of benzene rings is 2. The molecule has 0 unspecified atom stereocenters. The number of esters is 1. The number of ether oxygens (including phenoxy) is 2. The van der Waals surface area contributed by atoms with Crippen LogP contribution in [0.3, 0.4) is 0 Å². The van der Waals surface area contributed by atoms with Crippen LogP contribution in [0.4, 0.5) is 8.78 Å². The van der Waals surface area contributed by atoms with Gasteiger partial charge in [-0.15, -0.1) is 0 Å². The monoisotopic (exact) mass is 334 g/mol. The predicted octanol–water partition coefficient (Wildman–Crippen LogP) is 3.50. The summed E-state index contributed by atoms with van der Waals surface area (Å²) in [7, 11) is 1.49. The van der Waals surface area contributed by atoms with E-state index >= 15 is 0 Å². The summed E-state index contributed by atoms with van der Waals surface area (Å²) in [6.07, 6.45) is 0. The highest BCUT2D eigenvalue weighted by atomic mass is 19.2. The third-order valence-corrected chi connectivity index (χ3v) is 3.44. The lowest BCUT2D eigenvalue weighted by Gasteiger charge is -2.15. The van der Waals surface area contributed by atoms with Gasteiger partial charge in [-0.3, -0.25) is 9.59 Å². The Bertz CT molecular complexity index is 741. The van der Waals surface area contributed by atoms with Gasteiger partial charge >= 0.3 is 5.97 Å². The number of hydrogen-bond acceptors (Lipinski definition) is 4. The maximum atomic E-state index is 13.4. The van der Waals surface area contributed by atoms with Gasteiger partial charge in [-0.1, -0.05) is 12.1 Å². The second kappa shape index (κ2) is 7.68. The lowest BCUT2D eigenvalue weighted by Crippen LogP contribution is -2.24. The van der Waals surface area contributed by atoms with Gasteiger partial charge in [0.2, 0.25) is 0 Å². The molecule has 4 nitrogen and oxygen atoms in total. The van der Waals surface area contributed by atoms with Crippen molar-refractivity contribution >= 4 is 11.8 Å². The molecule has 0 saturated carbocycles. The number of Topliss-reactive ketones (excluding diaryl/α,β-unsaturated/α-hetero) is 1. The number of carbonyl (C=O) groups excluding carboxylic acids is 2. The van der Waals surface area contributed by atoms with E-state index in [1.807, 2.05) is 0 Å². The Balaban J connectivity index is 2.42. The molecule has 2 aromatic carbocycles. The van der Waals surface area contributed by atoms with Gasteiger partial charge < -0.3 is 9.47 Å². The normalized spacial score (nSPS) is 11.7. The molecule has 126 valence electrons. The largest absolute Gasteiger partial charge is 0.497 e. The lowest BCUT2D eigenvalue weighted by molar-refractivity contribution is -0.143. The van der Waals surface area contributed by atoms with Crippen LogP contribution in [0.25, 0.3) is 0 Å². The highest BCUT2D eigenvalue weighted by molar-refractivity contribution is 6.13. The molecule has 0 aliphatic heterocycles. The van der Waals surface area contributed by atoms with Gasteiger partial charge in [0.05, 0.1) is 13.7 Å². The van der Waals surface area contributed by atoms with Crippen LogP contribution in [0.5, 0.6) is 5.75 Å². The summed E-state index contributed by atoms with van der Waals surface area (Å²) in [6.45, 7) is 1.71. The van der Waals surface area contributed by atoms with E-state index in [-0.39, 0.29) is 12.2 Å². The second-order valence-electron chi connectivity index (χ2n) is 4.95. The number of carbonyl (C=O) groups is 2. The average molecular weight is 334 g/mol. The number of ketones is 1. The van der Waals surface area contributed by atoms with Crippen molar-refractivity contribution in [3.63, 3.8) is 0 Å². The van der Waals surface area contributed by atoms with Crippen LogP contribution in [0, 0.1) is 11.6 Å². The van der Waals surface area contributed by atoms with E-state index in [2.05, 4.69) is 0 Å². The van der Waals surface area contributed by atoms with Crippen molar-refractivity contribution in [2.45, 2.75) is 12.8 Å². The standard InChI is InChI=1S/C18H16F2O4/c1-3-24-18(22)16(11-4-7-13(23-2)8-5-11)17(21)12-6-9-14(19)15(20)10-12/h4-10,16H,3H2,1-2H3/t16-/m1/s1. The second-order valence-corrected chi connectivity index (χ2v) is 4.95. The van der Waals surface area contributed by atoms with E-state index < -0.39 is 29.3 Å². The van der Waals surface area contributed by atoms with Crippen molar-refractivity contribution in [2.75, 3.05) is 13.7 Å². The smallest absolute Gasteiger partial charge is 0.321 e. The summed E-state index contributed by atoms with van der Waals surface area (Å²) in [5.41, 5.74) is 0.270. The first-order valence-electron chi connectivity index (χ1n) is 7.27. The molecule has 0 aliphatic carbocycles.